The molecule has 1 nitrogen and oxygen atoms in total. The van der Waals surface area contributed by atoms with Gasteiger partial charge < -0.3 is 16.9 Å². The normalized spacial score (nSPS) is 11.4. The fourth-order valence-electron chi connectivity index (χ4n) is 5.30. The molecule has 0 heterocycles. The molecule has 2 aromatic carbocycles. The molecule has 2 heteroatoms. The third kappa shape index (κ3) is 16.1. The van der Waals surface area contributed by atoms with Gasteiger partial charge in [0.15, 0.2) is 0 Å². The molecule has 0 fully saturated rings. The molecule has 35 heavy (non-hydrogen) atoms. The smallest absolute Gasteiger partial charge is 0.104 e. The van der Waals surface area contributed by atoms with Crippen LogP contribution in [-0.2, 0) is 13.1 Å². The zero-order valence-electron chi connectivity index (χ0n) is 23.0. The Bertz CT molecular complexity index is 658. The monoisotopic (exact) mass is 499 g/mol. The van der Waals surface area contributed by atoms with E-state index >= 15 is 0 Å². The zero-order chi connectivity index (χ0) is 24.2. The molecular formula is C33H54ClN. The maximum absolute atomic E-state index is 2.45. The van der Waals surface area contributed by atoms with Gasteiger partial charge >= 0.3 is 0 Å². The first-order valence-corrected chi connectivity index (χ1v) is 14.6. The maximum atomic E-state index is 2.45. The largest absolute Gasteiger partial charge is 1.00 e. The van der Waals surface area contributed by atoms with E-state index in [1.54, 1.807) is 0 Å². The van der Waals surface area contributed by atoms with Gasteiger partial charge in [0, 0.05) is 11.1 Å². The lowest BCUT2D eigenvalue weighted by atomic mass is 10.0. The predicted octanol–water partition coefficient (Wildman–Crippen LogP) is 7.10. The molecule has 0 bridgehead atoms. The molecular weight excluding hydrogens is 446 g/mol. The summed E-state index contributed by atoms with van der Waals surface area (Å²) in [5.74, 6) is 0. The molecule has 0 atom stereocenters. The van der Waals surface area contributed by atoms with E-state index < -0.39 is 0 Å². The van der Waals surface area contributed by atoms with Crippen LogP contribution in [0.25, 0.3) is 0 Å². The van der Waals surface area contributed by atoms with Crippen molar-refractivity contribution in [3.8, 4) is 0 Å². The van der Waals surface area contributed by atoms with Crippen molar-refractivity contribution in [3.05, 3.63) is 71.8 Å². The third-order valence-electron chi connectivity index (χ3n) is 7.37. The molecule has 0 radical (unpaired) electrons. The molecule has 0 aliphatic carbocycles. The van der Waals surface area contributed by atoms with Crippen LogP contribution in [0.5, 0.6) is 0 Å². The van der Waals surface area contributed by atoms with Crippen molar-refractivity contribution in [2.24, 2.45) is 0 Å². The van der Waals surface area contributed by atoms with Gasteiger partial charge in [-0.1, -0.05) is 157 Å². The number of rotatable bonds is 21. The summed E-state index contributed by atoms with van der Waals surface area (Å²) in [6.45, 7) is 5.81. The second kappa shape index (κ2) is 20.8. The highest BCUT2D eigenvalue weighted by molar-refractivity contribution is 5.15. The summed E-state index contributed by atoms with van der Waals surface area (Å²) in [5.41, 5.74) is 2.91. The second-order valence-corrected chi connectivity index (χ2v) is 10.9. The standard InChI is InChI=1S/C33H54N.ClH/c1-3-4-5-6-7-8-9-10-11-12-13-14-15-16-17-24-29-34(2,30-32-25-20-18-21-26-32)31-33-27-22-19-23-28-33;/h18-23,25-28H,3-17,24,29-31H2,1-2H3;1H/q+1;/p-1. The van der Waals surface area contributed by atoms with E-state index in [0.717, 1.165) is 17.6 Å². The van der Waals surface area contributed by atoms with Crippen LogP contribution in [0, 0.1) is 0 Å². The summed E-state index contributed by atoms with van der Waals surface area (Å²) in [5, 5.41) is 0. The molecule has 0 aliphatic heterocycles. The minimum atomic E-state index is 0. The Labute approximate surface area is 224 Å². The molecule has 0 saturated carbocycles. The molecule has 0 amide bonds. The van der Waals surface area contributed by atoms with Crippen molar-refractivity contribution in [2.75, 3.05) is 13.6 Å². The molecule has 0 spiro atoms. The average Bonchev–Trinajstić information content (AvgIpc) is 2.85. The van der Waals surface area contributed by atoms with Crippen LogP contribution in [-0.4, -0.2) is 18.1 Å². The molecule has 2 rings (SSSR count). The first-order valence-electron chi connectivity index (χ1n) is 14.6. The average molecular weight is 500 g/mol. The molecule has 2 aromatic rings. The van der Waals surface area contributed by atoms with Crippen LogP contribution in [0.1, 0.15) is 121 Å². The van der Waals surface area contributed by atoms with Crippen LogP contribution in [0.15, 0.2) is 60.7 Å². The molecule has 0 unspecified atom stereocenters. The molecule has 0 aliphatic rings. The Morgan fingerprint density at radius 3 is 1.11 bits per heavy atom. The van der Waals surface area contributed by atoms with Gasteiger partial charge in [-0.25, -0.2) is 0 Å². The number of benzene rings is 2. The van der Waals surface area contributed by atoms with E-state index in [9.17, 15) is 0 Å². The Morgan fingerprint density at radius 1 is 0.457 bits per heavy atom. The lowest BCUT2D eigenvalue weighted by molar-refractivity contribution is -0.935. The van der Waals surface area contributed by atoms with Crippen molar-refractivity contribution < 1.29 is 16.9 Å². The lowest BCUT2D eigenvalue weighted by Gasteiger charge is -2.35. The summed E-state index contributed by atoms with van der Waals surface area (Å²) in [6.07, 6.45) is 23.0. The van der Waals surface area contributed by atoms with Crippen LogP contribution in [0.4, 0.5) is 0 Å². The molecule has 198 valence electrons. The predicted molar refractivity (Wildman–Crippen MR) is 151 cm³/mol. The van der Waals surface area contributed by atoms with Crippen LogP contribution < -0.4 is 12.4 Å². The fraction of sp³-hybridized carbons (Fsp3) is 0.636. The van der Waals surface area contributed by atoms with Crippen molar-refractivity contribution in [1.82, 2.24) is 0 Å². The quantitative estimate of drug-likeness (QED) is 0.127. The third-order valence-corrected chi connectivity index (χ3v) is 7.37. The van der Waals surface area contributed by atoms with Crippen molar-refractivity contribution in [3.63, 3.8) is 0 Å². The van der Waals surface area contributed by atoms with E-state index in [1.807, 2.05) is 0 Å². The highest BCUT2D eigenvalue weighted by Crippen LogP contribution is 2.20. The van der Waals surface area contributed by atoms with Crippen LogP contribution in [0.2, 0.25) is 0 Å². The van der Waals surface area contributed by atoms with Gasteiger partial charge in [0.05, 0.1) is 13.6 Å². The molecule has 0 aromatic heterocycles. The van der Waals surface area contributed by atoms with Gasteiger partial charge in [-0.3, -0.25) is 0 Å². The number of quaternary nitrogens is 1. The minimum absolute atomic E-state index is 0. The first kappa shape index (κ1) is 31.7. The summed E-state index contributed by atoms with van der Waals surface area (Å²) < 4.78 is 1.10. The number of hydrogen-bond donors (Lipinski definition) is 0. The summed E-state index contributed by atoms with van der Waals surface area (Å²) >= 11 is 0. The van der Waals surface area contributed by atoms with Gasteiger partial charge in [0.25, 0.3) is 0 Å². The SMILES string of the molecule is CCCCCCCCCCCCCCCCCC[N+](C)(Cc1ccccc1)Cc1ccccc1.[Cl-]. The number of nitrogens with zero attached hydrogens (tertiary/aromatic N) is 1. The first-order chi connectivity index (χ1) is 16.7. The Kier molecular flexibility index (Phi) is 18.9. The van der Waals surface area contributed by atoms with Gasteiger partial charge in [-0.2, -0.15) is 0 Å². The summed E-state index contributed by atoms with van der Waals surface area (Å²) in [6, 6.07) is 22.1. The Balaban J connectivity index is 0.00000612. The van der Waals surface area contributed by atoms with Crippen molar-refractivity contribution >= 4 is 0 Å². The zero-order valence-corrected chi connectivity index (χ0v) is 23.8. The van der Waals surface area contributed by atoms with Gasteiger partial charge in [-0.15, -0.1) is 0 Å². The second-order valence-electron chi connectivity index (χ2n) is 10.9. The van der Waals surface area contributed by atoms with E-state index in [0.29, 0.717) is 0 Å². The van der Waals surface area contributed by atoms with Gasteiger partial charge in [-0.05, 0) is 12.8 Å². The highest BCUT2D eigenvalue weighted by atomic mass is 35.5. The topological polar surface area (TPSA) is 0 Å². The van der Waals surface area contributed by atoms with Gasteiger partial charge in [0.2, 0.25) is 0 Å². The highest BCUT2D eigenvalue weighted by Gasteiger charge is 2.22. The number of halogens is 1. The Hall–Kier alpha value is -1.31. The van der Waals surface area contributed by atoms with Crippen molar-refractivity contribution in [1.29, 1.82) is 0 Å². The number of hydrogen-bond acceptors (Lipinski definition) is 0. The van der Waals surface area contributed by atoms with Crippen molar-refractivity contribution in [2.45, 2.75) is 123 Å². The van der Waals surface area contributed by atoms with E-state index in [4.69, 9.17) is 0 Å². The maximum Gasteiger partial charge on any atom is 0.104 e. The lowest BCUT2D eigenvalue weighted by Crippen LogP contribution is -3.00. The van der Waals surface area contributed by atoms with E-state index in [2.05, 4.69) is 74.6 Å². The fourth-order valence-corrected chi connectivity index (χ4v) is 5.30. The number of unbranched alkanes of at least 4 members (excludes halogenated alkanes) is 15. The Morgan fingerprint density at radius 2 is 0.771 bits per heavy atom. The summed E-state index contributed by atoms with van der Waals surface area (Å²) in [7, 11) is 2.45. The minimum Gasteiger partial charge on any atom is -1.00 e. The molecule has 0 N–H and O–H groups in total. The summed E-state index contributed by atoms with van der Waals surface area (Å²) in [4.78, 5) is 0. The van der Waals surface area contributed by atoms with E-state index in [1.165, 1.54) is 120 Å². The van der Waals surface area contributed by atoms with E-state index in [-0.39, 0.29) is 12.4 Å². The molecule has 0 saturated heterocycles. The van der Waals surface area contributed by atoms with Crippen LogP contribution >= 0.6 is 0 Å². The van der Waals surface area contributed by atoms with Gasteiger partial charge in [0.1, 0.15) is 13.1 Å². The van der Waals surface area contributed by atoms with Crippen LogP contribution in [0.3, 0.4) is 0 Å².